The molecule has 0 radical (unpaired) electrons. The summed E-state index contributed by atoms with van der Waals surface area (Å²) in [5.41, 5.74) is 6.64. The molecule has 0 aromatic carbocycles. The lowest BCUT2D eigenvalue weighted by atomic mass is 9.81. The van der Waals surface area contributed by atoms with Crippen molar-refractivity contribution in [2.75, 3.05) is 32.8 Å². The van der Waals surface area contributed by atoms with Crippen molar-refractivity contribution in [3.63, 3.8) is 0 Å². The van der Waals surface area contributed by atoms with Gasteiger partial charge in [-0.25, -0.2) is 0 Å². The monoisotopic (exact) mass is 254 g/mol. The minimum absolute atomic E-state index is 0.568. The Labute approximate surface area is 112 Å². The molecule has 0 amide bonds. The van der Waals surface area contributed by atoms with E-state index in [1.807, 2.05) is 0 Å². The maximum absolute atomic E-state index is 6.07. The van der Waals surface area contributed by atoms with Gasteiger partial charge in [-0.15, -0.1) is 0 Å². The Balaban J connectivity index is 1.96. The van der Waals surface area contributed by atoms with Gasteiger partial charge in [-0.2, -0.15) is 0 Å². The number of hydrogen-bond donors (Lipinski definition) is 1. The quantitative estimate of drug-likeness (QED) is 0.818. The largest absolute Gasteiger partial charge is 0.381 e. The van der Waals surface area contributed by atoms with Crippen LogP contribution in [0.1, 0.15) is 46.0 Å². The van der Waals surface area contributed by atoms with E-state index in [9.17, 15) is 0 Å². The molecule has 0 aliphatic carbocycles. The summed E-state index contributed by atoms with van der Waals surface area (Å²) in [6.07, 6.45) is 6.38. The van der Waals surface area contributed by atoms with Gasteiger partial charge in [0.25, 0.3) is 0 Å². The van der Waals surface area contributed by atoms with Crippen LogP contribution in [0.25, 0.3) is 0 Å². The van der Waals surface area contributed by atoms with E-state index >= 15 is 0 Å². The first-order chi connectivity index (χ1) is 8.74. The second-order valence-corrected chi connectivity index (χ2v) is 6.18. The SMILES string of the molecule is CCC1(CC)CCN(C(CN)C2CCOCC2)C1. The fraction of sp³-hybridized carbons (Fsp3) is 1.00. The summed E-state index contributed by atoms with van der Waals surface area (Å²) in [5, 5.41) is 0. The molecular weight excluding hydrogens is 224 g/mol. The van der Waals surface area contributed by atoms with Crippen molar-refractivity contribution in [2.24, 2.45) is 17.1 Å². The predicted octanol–water partition coefficient (Wildman–Crippen LogP) is 2.25. The third kappa shape index (κ3) is 2.89. The zero-order chi connectivity index (χ0) is 13.0. The predicted molar refractivity (Wildman–Crippen MR) is 75.6 cm³/mol. The minimum atomic E-state index is 0.568. The average molecular weight is 254 g/mol. The van der Waals surface area contributed by atoms with Gasteiger partial charge in [-0.1, -0.05) is 13.8 Å². The van der Waals surface area contributed by atoms with Crippen molar-refractivity contribution < 1.29 is 4.74 Å². The van der Waals surface area contributed by atoms with Crippen LogP contribution in [0.15, 0.2) is 0 Å². The molecule has 2 heterocycles. The molecule has 3 nitrogen and oxygen atoms in total. The summed E-state index contributed by atoms with van der Waals surface area (Å²) in [4.78, 5) is 2.68. The fourth-order valence-corrected chi connectivity index (χ4v) is 3.82. The van der Waals surface area contributed by atoms with Crippen LogP contribution in [0.5, 0.6) is 0 Å². The summed E-state index contributed by atoms with van der Waals surface area (Å²) in [5.74, 6) is 0.758. The maximum atomic E-state index is 6.07. The van der Waals surface area contributed by atoms with E-state index in [4.69, 9.17) is 10.5 Å². The second kappa shape index (κ2) is 6.36. The second-order valence-electron chi connectivity index (χ2n) is 6.18. The number of ether oxygens (including phenoxy) is 1. The molecule has 2 aliphatic rings. The van der Waals surface area contributed by atoms with E-state index in [1.54, 1.807) is 0 Å². The van der Waals surface area contributed by atoms with Crippen molar-refractivity contribution in [3.8, 4) is 0 Å². The number of likely N-dealkylation sites (tertiary alicyclic amines) is 1. The zero-order valence-corrected chi connectivity index (χ0v) is 12.2. The first-order valence-electron chi connectivity index (χ1n) is 7.76. The molecule has 18 heavy (non-hydrogen) atoms. The molecule has 106 valence electrons. The molecule has 2 aliphatic heterocycles. The van der Waals surface area contributed by atoms with Crippen LogP contribution >= 0.6 is 0 Å². The van der Waals surface area contributed by atoms with Crippen LogP contribution < -0.4 is 5.73 Å². The van der Waals surface area contributed by atoms with Gasteiger partial charge >= 0.3 is 0 Å². The van der Waals surface area contributed by atoms with Gasteiger partial charge in [0.15, 0.2) is 0 Å². The summed E-state index contributed by atoms with van der Waals surface area (Å²) >= 11 is 0. The minimum Gasteiger partial charge on any atom is -0.381 e. The topological polar surface area (TPSA) is 38.5 Å². The summed E-state index contributed by atoms with van der Waals surface area (Å²) in [6, 6.07) is 0.592. The molecule has 2 N–H and O–H groups in total. The summed E-state index contributed by atoms with van der Waals surface area (Å²) in [6.45, 7) is 9.88. The molecule has 1 unspecified atom stereocenters. The van der Waals surface area contributed by atoms with Crippen LogP contribution in [-0.4, -0.2) is 43.8 Å². The maximum Gasteiger partial charge on any atom is 0.0469 e. The van der Waals surface area contributed by atoms with Gasteiger partial charge in [0.1, 0.15) is 0 Å². The van der Waals surface area contributed by atoms with E-state index in [2.05, 4.69) is 18.7 Å². The van der Waals surface area contributed by atoms with E-state index in [0.717, 1.165) is 25.7 Å². The highest BCUT2D eigenvalue weighted by Gasteiger charge is 2.39. The van der Waals surface area contributed by atoms with Gasteiger partial charge in [-0.3, -0.25) is 4.90 Å². The highest BCUT2D eigenvalue weighted by Crippen LogP contribution is 2.39. The molecule has 1 atom stereocenters. The molecule has 0 bridgehead atoms. The number of nitrogens with zero attached hydrogens (tertiary/aromatic N) is 1. The van der Waals surface area contributed by atoms with E-state index in [0.29, 0.717) is 11.5 Å². The van der Waals surface area contributed by atoms with Crippen LogP contribution in [0.3, 0.4) is 0 Å². The van der Waals surface area contributed by atoms with Gasteiger partial charge < -0.3 is 10.5 Å². The van der Waals surface area contributed by atoms with Crippen molar-refractivity contribution in [1.29, 1.82) is 0 Å². The summed E-state index contributed by atoms with van der Waals surface area (Å²) in [7, 11) is 0. The molecule has 2 rings (SSSR count). The third-order valence-electron chi connectivity index (χ3n) is 5.49. The third-order valence-corrected chi connectivity index (χ3v) is 5.49. The Kier molecular flexibility index (Phi) is 5.05. The Morgan fingerprint density at radius 3 is 2.44 bits per heavy atom. The fourth-order valence-electron chi connectivity index (χ4n) is 3.82. The van der Waals surface area contributed by atoms with Gasteiger partial charge in [0, 0.05) is 32.3 Å². The van der Waals surface area contributed by atoms with Crippen LogP contribution in [0, 0.1) is 11.3 Å². The van der Waals surface area contributed by atoms with Gasteiger partial charge in [0.05, 0.1) is 0 Å². The molecule has 2 fully saturated rings. The number of nitrogens with two attached hydrogens (primary N) is 1. The molecule has 0 aromatic heterocycles. The Hall–Kier alpha value is -0.120. The van der Waals surface area contributed by atoms with E-state index < -0.39 is 0 Å². The van der Waals surface area contributed by atoms with Gasteiger partial charge in [0.2, 0.25) is 0 Å². The summed E-state index contributed by atoms with van der Waals surface area (Å²) < 4.78 is 5.48. The number of rotatable bonds is 5. The Morgan fingerprint density at radius 2 is 1.94 bits per heavy atom. The lowest BCUT2D eigenvalue weighted by Crippen LogP contribution is -2.46. The molecule has 2 saturated heterocycles. The molecule has 3 heteroatoms. The van der Waals surface area contributed by atoms with Crippen molar-refractivity contribution >= 4 is 0 Å². The zero-order valence-electron chi connectivity index (χ0n) is 12.2. The Bertz CT molecular complexity index is 247. The van der Waals surface area contributed by atoms with Gasteiger partial charge in [-0.05, 0) is 50.0 Å². The van der Waals surface area contributed by atoms with Crippen LogP contribution in [0.2, 0.25) is 0 Å². The van der Waals surface area contributed by atoms with Crippen molar-refractivity contribution in [1.82, 2.24) is 4.90 Å². The molecular formula is C15H30N2O. The number of hydrogen-bond acceptors (Lipinski definition) is 3. The first-order valence-corrected chi connectivity index (χ1v) is 7.76. The lowest BCUT2D eigenvalue weighted by molar-refractivity contribution is 0.0302. The van der Waals surface area contributed by atoms with E-state index in [-0.39, 0.29) is 0 Å². The smallest absolute Gasteiger partial charge is 0.0469 e. The van der Waals surface area contributed by atoms with Crippen LogP contribution in [0.4, 0.5) is 0 Å². The molecule has 0 spiro atoms. The molecule has 0 aromatic rings. The standard InChI is InChI=1S/C15H30N2O/c1-3-15(4-2)7-8-17(12-15)14(11-16)13-5-9-18-10-6-13/h13-14H,3-12,16H2,1-2H3. The average Bonchev–Trinajstić information content (AvgIpc) is 2.86. The van der Waals surface area contributed by atoms with Crippen molar-refractivity contribution in [2.45, 2.75) is 52.0 Å². The lowest BCUT2D eigenvalue weighted by Gasteiger charge is -2.37. The normalized spacial score (nSPS) is 27.5. The van der Waals surface area contributed by atoms with Crippen LogP contribution in [-0.2, 0) is 4.74 Å². The highest BCUT2D eigenvalue weighted by molar-refractivity contribution is 4.93. The molecule has 0 saturated carbocycles. The first kappa shape index (κ1) is 14.3. The van der Waals surface area contributed by atoms with E-state index in [1.165, 1.54) is 45.2 Å². The van der Waals surface area contributed by atoms with Crippen molar-refractivity contribution in [3.05, 3.63) is 0 Å². The Morgan fingerprint density at radius 1 is 1.28 bits per heavy atom. The highest BCUT2D eigenvalue weighted by atomic mass is 16.5.